The van der Waals surface area contributed by atoms with Crippen LogP contribution in [0.4, 0.5) is 11.4 Å². The minimum absolute atomic E-state index is 0.100. The van der Waals surface area contributed by atoms with Gasteiger partial charge in [-0.15, -0.1) is 0 Å². The second kappa shape index (κ2) is 7.52. The Morgan fingerprint density at radius 1 is 1.24 bits per heavy atom. The van der Waals surface area contributed by atoms with Crippen LogP contribution in [0.1, 0.15) is 32.1 Å². The highest BCUT2D eigenvalue weighted by molar-refractivity contribution is 6.34. The minimum atomic E-state index is 0.100. The standard InChI is InChI=1S/C19H26ClN3O2/c20-16-2-1-3-17(19(16)23-6-8-25-9-7-23)22-18(24)12-13-10-14-4-5-15(11-13)21-14/h1-3,13-15,21H,4-12H2,(H,22,24). The molecule has 3 fully saturated rings. The van der Waals surface area contributed by atoms with Crippen molar-refractivity contribution in [1.82, 2.24) is 5.32 Å². The summed E-state index contributed by atoms with van der Waals surface area (Å²) in [6, 6.07) is 6.96. The zero-order valence-corrected chi connectivity index (χ0v) is 15.2. The molecule has 3 aliphatic rings. The molecule has 2 unspecified atom stereocenters. The van der Waals surface area contributed by atoms with Gasteiger partial charge >= 0.3 is 0 Å². The average molecular weight is 364 g/mol. The van der Waals surface area contributed by atoms with Crippen molar-refractivity contribution in [1.29, 1.82) is 0 Å². The van der Waals surface area contributed by atoms with Crippen LogP contribution in [-0.4, -0.2) is 44.3 Å². The maximum absolute atomic E-state index is 12.6. The van der Waals surface area contributed by atoms with E-state index >= 15 is 0 Å². The Kier molecular flexibility index (Phi) is 5.15. The van der Waals surface area contributed by atoms with Crippen LogP contribution in [0.25, 0.3) is 0 Å². The number of halogens is 1. The highest BCUT2D eigenvalue weighted by Crippen LogP contribution is 2.36. The summed E-state index contributed by atoms with van der Waals surface area (Å²) in [4.78, 5) is 14.8. The number of ether oxygens (including phenoxy) is 1. The molecule has 136 valence electrons. The van der Waals surface area contributed by atoms with Gasteiger partial charge in [-0.25, -0.2) is 0 Å². The lowest BCUT2D eigenvalue weighted by Gasteiger charge is -2.32. The number of nitrogens with one attached hydrogen (secondary N) is 2. The molecule has 5 nitrogen and oxygen atoms in total. The van der Waals surface area contributed by atoms with Crippen LogP contribution in [0.15, 0.2) is 18.2 Å². The van der Waals surface area contributed by atoms with Gasteiger partial charge in [0.15, 0.2) is 0 Å². The van der Waals surface area contributed by atoms with Crippen molar-refractivity contribution in [2.45, 2.75) is 44.2 Å². The molecular weight excluding hydrogens is 338 g/mol. The fraction of sp³-hybridized carbons (Fsp3) is 0.632. The normalized spacial score (nSPS) is 28.8. The van der Waals surface area contributed by atoms with Gasteiger partial charge < -0.3 is 20.3 Å². The summed E-state index contributed by atoms with van der Waals surface area (Å²) >= 11 is 6.44. The van der Waals surface area contributed by atoms with Crippen LogP contribution in [0.2, 0.25) is 5.02 Å². The maximum atomic E-state index is 12.6. The lowest BCUT2D eigenvalue weighted by atomic mass is 9.89. The topological polar surface area (TPSA) is 53.6 Å². The third-order valence-corrected chi connectivity index (χ3v) is 5.94. The van der Waals surface area contributed by atoms with E-state index in [0.717, 1.165) is 37.3 Å². The number of carbonyl (C=O) groups excluding carboxylic acids is 1. The fourth-order valence-corrected chi connectivity index (χ4v) is 4.82. The maximum Gasteiger partial charge on any atom is 0.224 e. The fourth-order valence-electron chi connectivity index (χ4n) is 4.53. The van der Waals surface area contributed by atoms with Crippen molar-refractivity contribution in [2.75, 3.05) is 36.5 Å². The summed E-state index contributed by atoms with van der Waals surface area (Å²) in [6.07, 6.45) is 5.37. The largest absolute Gasteiger partial charge is 0.378 e. The van der Waals surface area contributed by atoms with E-state index < -0.39 is 0 Å². The summed E-state index contributed by atoms with van der Waals surface area (Å²) in [6.45, 7) is 2.97. The summed E-state index contributed by atoms with van der Waals surface area (Å²) in [7, 11) is 0. The van der Waals surface area contributed by atoms with Gasteiger partial charge in [0.05, 0.1) is 29.6 Å². The van der Waals surface area contributed by atoms with E-state index in [0.29, 0.717) is 42.7 Å². The van der Waals surface area contributed by atoms with Crippen molar-refractivity contribution in [3.63, 3.8) is 0 Å². The van der Waals surface area contributed by atoms with Gasteiger partial charge in [0.2, 0.25) is 5.91 Å². The number of carbonyl (C=O) groups is 1. The number of rotatable bonds is 4. The van der Waals surface area contributed by atoms with Crippen LogP contribution >= 0.6 is 11.6 Å². The summed E-state index contributed by atoms with van der Waals surface area (Å²) in [5.41, 5.74) is 1.74. The first kappa shape index (κ1) is 17.1. The van der Waals surface area contributed by atoms with E-state index in [-0.39, 0.29) is 5.91 Å². The predicted molar refractivity (Wildman–Crippen MR) is 100 cm³/mol. The number of benzene rings is 1. The highest BCUT2D eigenvalue weighted by atomic mass is 35.5. The second-order valence-corrected chi connectivity index (χ2v) is 7.87. The van der Waals surface area contributed by atoms with Crippen LogP contribution in [0.3, 0.4) is 0 Å². The van der Waals surface area contributed by atoms with Crippen LogP contribution in [0.5, 0.6) is 0 Å². The van der Waals surface area contributed by atoms with Crippen molar-refractivity contribution in [2.24, 2.45) is 5.92 Å². The number of nitrogens with zero attached hydrogens (tertiary/aromatic N) is 1. The number of hydrogen-bond acceptors (Lipinski definition) is 4. The second-order valence-electron chi connectivity index (χ2n) is 7.46. The molecule has 3 heterocycles. The molecular formula is C19H26ClN3O2. The Hall–Kier alpha value is -1.30. The van der Waals surface area contributed by atoms with Gasteiger partial charge in [0.25, 0.3) is 0 Å². The minimum Gasteiger partial charge on any atom is -0.378 e. The molecule has 6 heteroatoms. The molecule has 0 saturated carbocycles. The van der Waals surface area contributed by atoms with Crippen molar-refractivity contribution in [3.8, 4) is 0 Å². The number of piperidine rings is 1. The van der Waals surface area contributed by atoms with E-state index in [1.807, 2.05) is 18.2 Å². The van der Waals surface area contributed by atoms with E-state index in [1.165, 1.54) is 12.8 Å². The number of amides is 1. The van der Waals surface area contributed by atoms with E-state index in [4.69, 9.17) is 16.3 Å². The smallest absolute Gasteiger partial charge is 0.224 e. The molecule has 1 aromatic rings. The molecule has 2 atom stereocenters. The predicted octanol–water partition coefficient (Wildman–Crippen LogP) is 3.04. The molecule has 3 saturated heterocycles. The molecule has 1 aromatic carbocycles. The van der Waals surface area contributed by atoms with Crippen LogP contribution in [0, 0.1) is 5.92 Å². The van der Waals surface area contributed by atoms with Gasteiger partial charge in [-0.3, -0.25) is 4.79 Å². The molecule has 25 heavy (non-hydrogen) atoms. The Labute approximate surface area is 154 Å². The first-order chi connectivity index (χ1) is 12.2. The summed E-state index contributed by atoms with van der Waals surface area (Å²) < 4.78 is 5.43. The molecule has 0 spiro atoms. The molecule has 0 radical (unpaired) electrons. The molecule has 2 bridgehead atoms. The van der Waals surface area contributed by atoms with Gasteiger partial charge in [0.1, 0.15) is 0 Å². The zero-order chi connectivity index (χ0) is 17.2. The molecule has 4 rings (SSSR count). The van der Waals surface area contributed by atoms with Gasteiger partial charge in [-0.05, 0) is 43.7 Å². The molecule has 3 aliphatic heterocycles. The first-order valence-corrected chi connectivity index (χ1v) is 9.74. The lowest BCUT2D eigenvalue weighted by Crippen LogP contribution is -2.39. The Morgan fingerprint density at radius 2 is 1.96 bits per heavy atom. The van der Waals surface area contributed by atoms with Crippen LogP contribution in [-0.2, 0) is 9.53 Å². The third kappa shape index (κ3) is 3.94. The SMILES string of the molecule is O=C(CC1CC2CCC(C1)N2)Nc1cccc(Cl)c1N1CCOCC1. The average Bonchev–Trinajstić information content (AvgIpc) is 2.94. The van der Waals surface area contributed by atoms with Crippen molar-refractivity contribution < 1.29 is 9.53 Å². The lowest BCUT2D eigenvalue weighted by molar-refractivity contribution is -0.117. The Balaban J connectivity index is 1.43. The van der Waals surface area contributed by atoms with Crippen LogP contribution < -0.4 is 15.5 Å². The monoisotopic (exact) mass is 363 g/mol. The van der Waals surface area contributed by atoms with E-state index in [9.17, 15) is 4.79 Å². The number of para-hydroxylation sites is 1. The number of hydrogen-bond donors (Lipinski definition) is 2. The van der Waals surface area contributed by atoms with Gasteiger partial charge in [-0.1, -0.05) is 17.7 Å². The molecule has 0 aliphatic carbocycles. The first-order valence-electron chi connectivity index (χ1n) is 9.36. The Bertz CT molecular complexity index is 621. The van der Waals surface area contributed by atoms with Gasteiger partial charge in [0, 0.05) is 31.6 Å². The molecule has 2 N–H and O–H groups in total. The number of fused-ring (bicyclic) bond motifs is 2. The molecule has 0 aromatic heterocycles. The Morgan fingerprint density at radius 3 is 2.68 bits per heavy atom. The highest BCUT2D eigenvalue weighted by Gasteiger charge is 2.34. The number of anilines is 2. The van der Waals surface area contributed by atoms with E-state index in [2.05, 4.69) is 15.5 Å². The zero-order valence-electron chi connectivity index (χ0n) is 14.5. The number of morpholine rings is 1. The molecule has 1 amide bonds. The summed E-state index contributed by atoms with van der Waals surface area (Å²) in [5.74, 6) is 0.591. The van der Waals surface area contributed by atoms with E-state index in [1.54, 1.807) is 0 Å². The quantitative estimate of drug-likeness (QED) is 0.863. The van der Waals surface area contributed by atoms with Crippen molar-refractivity contribution >= 4 is 28.9 Å². The van der Waals surface area contributed by atoms with Crippen molar-refractivity contribution in [3.05, 3.63) is 23.2 Å². The van der Waals surface area contributed by atoms with Gasteiger partial charge in [-0.2, -0.15) is 0 Å². The summed E-state index contributed by atoms with van der Waals surface area (Å²) in [5, 5.41) is 7.44. The third-order valence-electron chi connectivity index (χ3n) is 5.63.